The third kappa shape index (κ3) is 3.84. The monoisotopic (exact) mass is 338 g/mol. The standard InChI is InChI=1S/C15H15FN2O4S/c1-8(14(20)21)17-12(19)7-18-13(9(2)23-15(18)22)10-3-5-11(16)6-4-10/h3-6,8H,7H2,1-2H3,(H,17,19)(H,20,21). The number of thiazole rings is 1. The number of carbonyl (C=O) groups excluding carboxylic acids is 1. The van der Waals surface area contributed by atoms with Crippen LogP contribution in [0.5, 0.6) is 0 Å². The summed E-state index contributed by atoms with van der Waals surface area (Å²) < 4.78 is 14.3. The molecule has 6 nitrogen and oxygen atoms in total. The van der Waals surface area contributed by atoms with Gasteiger partial charge < -0.3 is 10.4 Å². The number of nitrogens with zero attached hydrogens (tertiary/aromatic N) is 1. The van der Waals surface area contributed by atoms with E-state index in [0.29, 0.717) is 16.1 Å². The molecule has 0 saturated heterocycles. The molecule has 1 amide bonds. The van der Waals surface area contributed by atoms with Crippen LogP contribution in [0.1, 0.15) is 11.8 Å². The summed E-state index contributed by atoms with van der Waals surface area (Å²) >= 11 is 0.979. The maximum absolute atomic E-state index is 13.1. The molecular weight excluding hydrogens is 323 g/mol. The first-order valence-electron chi connectivity index (χ1n) is 6.78. The average molecular weight is 338 g/mol. The smallest absolute Gasteiger partial charge is 0.325 e. The maximum atomic E-state index is 13.1. The van der Waals surface area contributed by atoms with Crippen molar-refractivity contribution in [2.75, 3.05) is 0 Å². The van der Waals surface area contributed by atoms with E-state index in [1.807, 2.05) is 0 Å². The van der Waals surface area contributed by atoms with Gasteiger partial charge in [-0.3, -0.25) is 19.0 Å². The zero-order chi connectivity index (χ0) is 17.1. The van der Waals surface area contributed by atoms with E-state index in [1.54, 1.807) is 6.92 Å². The lowest BCUT2D eigenvalue weighted by atomic mass is 10.1. The van der Waals surface area contributed by atoms with E-state index >= 15 is 0 Å². The van der Waals surface area contributed by atoms with E-state index in [4.69, 9.17) is 5.11 Å². The molecule has 2 aromatic rings. The Hall–Kier alpha value is -2.48. The minimum Gasteiger partial charge on any atom is -0.480 e. The van der Waals surface area contributed by atoms with Crippen molar-refractivity contribution in [3.05, 3.63) is 44.6 Å². The van der Waals surface area contributed by atoms with Crippen LogP contribution >= 0.6 is 11.3 Å². The summed E-state index contributed by atoms with van der Waals surface area (Å²) in [5.41, 5.74) is 1.14. The number of aromatic nitrogens is 1. The Kier molecular flexibility index (Phi) is 4.95. The molecule has 2 rings (SSSR count). The summed E-state index contributed by atoms with van der Waals surface area (Å²) in [6.45, 7) is 2.77. The van der Waals surface area contributed by atoms with Crippen molar-refractivity contribution in [1.29, 1.82) is 0 Å². The Morgan fingerprint density at radius 1 is 1.35 bits per heavy atom. The van der Waals surface area contributed by atoms with Gasteiger partial charge in [0.15, 0.2) is 0 Å². The first-order valence-corrected chi connectivity index (χ1v) is 7.59. The van der Waals surface area contributed by atoms with Gasteiger partial charge in [0.2, 0.25) is 5.91 Å². The molecular formula is C15H15FN2O4S. The van der Waals surface area contributed by atoms with Gasteiger partial charge >= 0.3 is 10.8 Å². The number of amides is 1. The number of aliphatic carboxylic acids is 1. The minimum absolute atomic E-state index is 0.298. The summed E-state index contributed by atoms with van der Waals surface area (Å²) in [7, 11) is 0. The second-order valence-electron chi connectivity index (χ2n) is 4.99. The number of hydrogen-bond acceptors (Lipinski definition) is 4. The molecule has 1 aromatic heterocycles. The first kappa shape index (κ1) is 16.9. The number of halogens is 1. The second-order valence-corrected chi connectivity index (χ2v) is 6.16. The molecule has 0 saturated carbocycles. The molecule has 0 aliphatic heterocycles. The summed E-state index contributed by atoms with van der Waals surface area (Å²) in [5, 5.41) is 11.1. The molecule has 1 atom stereocenters. The van der Waals surface area contributed by atoms with Crippen molar-refractivity contribution in [3.8, 4) is 11.3 Å². The predicted molar refractivity (Wildman–Crippen MR) is 84.0 cm³/mol. The van der Waals surface area contributed by atoms with E-state index in [2.05, 4.69) is 5.32 Å². The van der Waals surface area contributed by atoms with E-state index in [-0.39, 0.29) is 11.4 Å². The Bertz CT molecular complexity index is 795. The average Bonchev–Trinajstić information content (AvgIpc) is 2.74. The van der Waals surface area contributed by atoms with Crippen LogP contribution < -0.4 is 10.2 Å². The van der Waals surface area contributed by atoms with Crippen molar-refractivity contribution < 1.29 is 19.1 Å². The number of carbonyl (C=O) groups is 2. The van der Waals surface area contributed by atoms with Gasteiger partial charge in [-0.1, -0.05) is 11.3 Å². The molecule has 1 unspecified atom stereocenters. The van der Waals surface area contributed by atoms with Crippen molar-refractivity contribution in [3.63, 3.8) is 0 Å². The maximum Gasteiger partial charge on any atom is 0.325 e. The van der Waals surface area contributed by atoms with Crippen LogP contribution in [0, 0.1) is 12.7 Å². The van der Waals surface area contributed by atoms with Crippen LogP contribution in [0.3, 0.4) is 0 Å². The van der Waals surface area contributed by atoms with Crippen molar-refractivity contribution in [2.45, 2.75) is 26.4 Å². The number of benzene rings is 1. The van der Waals surface area contributed by atoms with Gasteiger partial charge in [0.1, 0.15) is 18.4 Å². The first-order chi connectivity index (χ1) is 10.8. The van der Waals surface area contributed by atoms with Crippen LogP contribution in [-0.2, 0) is 16.1 Å². The lowest BCUT2D eigenvalue weighted by Gasteiger charge is -2.12. The number of rotatable bonds is 5. The predicted octanol–water partition coefficient (Wildman–Crippen LogP) is 1.61. The number of hydrogen-bond donors (Lipinski definition) is 2. The lowest BCUT2D eigenvalue weighted by Crippen LogP contribution is -2.41. The third-order valence-corrected chi connectivity index (χ3v) is 4.13. The Labute approximate surface area is 135 Å². The summed E-state index contributed by atoms with van der Waals surface area (Å²) in [5.74, 6) is -2.14. The number of carboxylic acid groups (broad SMARTS) is 1. The van der Waals surface area contributed by atoms with Gasteiger partial charge in [-0.2, -0.15) is 0 Å². The minimum atomic E-state index is -1.16. The van der Waals surface area contributed by atoms with Crippen LogP contribution in [0.4, 0.5) is 4.39 Å². The highest BCUT2D eigenvalue weighted by molar-refractivity contribution is 7.09. The molecule has 8 heteroatoms. The van der Waals surface area contributed by atoms with Crippen LogP contribution in [0.15, 0.2) is 29.1 Å². The molecule has 0 fully saturated rings. The Balaban J connectivity index is 2.32. The van der Waals surface area contributed by atoms with Crippen molar-refractivity contribution >= 4 is 23.2 Å². The molecule has 0 spiro atoms. The zero-order valence-electron chi connectivity index (χ0n) is 12.5. The molecule has 1 heterocycles. The van der Waals surface area contributed by atoms with Gasteiger partial charge in [-0.05, 0) is 43.7 Å². The molecule has 0 bridgehead atoms. The fraction of sp³-hybridized carbons (Fsp3) is 0.267. The van der Waals surface area contributed by atoms with Crippen molar-refractivity contribution in [2.24, 2.45) is 0 Å². The molecule has 1 aromatic carbocycles. The van der Waals surface area contributed by atoms with Gasteiger partial charge in [0.05, 0.1) is 5.69 Å². The van der Waals surface area contributed by atoms with Gasteiger partial charge in [-0.25, -0.2) is 4.39 Å². The summed E-state index contributed by atoms with van der Waals surface area (Å²) in [6.07, 6.45) is 0. The SMILES string of the molecule is Cc1sc(=O)n(CC(=O)NC(C)C(=O)O)c1-c1ccc(F)cc1. The van der Waals surface area contributed by atoms with E-state index < -0.39 is 23.7 Å². The highest BCUT2D eigenvalue weighted by Gasteiger charge is 2.19. The van der Waals surface area contributed by atoms with Crippen molar-refractivity contribution in [1.82, 2.24) is 9.88 Å². The largest absolute Gasteiger partial charge is 0.480 e. The topological polar surface area (TPSA) is 88.4 Å². The number of carboxylic acids is 1. The number of aryl methyl sites for hydroxylation is 1. The van der Waals surface area contributed by atoms with Crippen LogP contribution in [0.2, 0.25) is 0 Å². The molecule has 2 N–H and O–H groups in total. The highest BCUT2D eigenvalue weighted by Crippen LogP contribution is 2.25. The fourth-order valence-electron chi connectivity index (χ4n) is 2.12. The molecule has 0 radical (unpaired) electrons. The second kappa shape index (κ2) is 6.74. The normalized spacial score (nSPS) is 12.0. The van der Waals surface area contributed by atoms with E-state index in [1.165, 1.54) is 35.8 Å². The zero-order valence-corrected chi connectivity index (χ0v) is 13.3. The summed E-state index contributed by atoms with van der Waals surface area (Å²) in [4.78, 5) is 35.1. The molecule has 0 aliphatic rings. The highest BCUT2D eigenvalue weighted by atomic mass is 32.1. The van der Waals surface area contributed by atoms with Crippen LogP contribution in [-0.4, -0.2) is 27.6 Å². The number of nitrogens with one attached hydrogen (secondary N) is 1. The molecule has 122 valence electrons. The Morgan fingerprint density at radius 3 is 2.52 bits per heavy atom. The van der Waals surface area contributed by atoms with Gasteiger partial charge in [0, 0.05) is 4.88 Å². The molecule has 23 heavy (non-hydrogen) atoms. The van der Waals surface area contributed by atoms with E-state index in [9.17, 15) is 18.8 Å². The Morgan fingerprint density at radius 2 is 1.96 bits per heavy atom. The van der Waals surface area contributed by atoms with Gasteiger partial charge in [0.25, 0.3) is 0 Å². The van der Waals surface area contributed by atoms with Gasteiger partial charge in [-0.15, -0.1) is 0 Å². The van der Waals surface area contributed by atoms with E-state index in [0.717, 1.165) is 11.3 Å². The fourth-order valence-corrected chi connectivity index (χ4v) is 2.97. The third-order valence-electron chi connectivity index (χ3n) is 3.23. The quantitative estimate of drug-likeness (QED) is 0.867. The lowest BCUT2D eigenvalue weighted by molar-refractivity contribution is -0.141. The molecule has 0 aliphatic carbocycles. The van der Waals surface area contributed by atoms with Crippen LogP contribution in [0.25, 0.3) is 11.3 Å². The summed E-state index contributed by atoms with van der Waals surface area (Å²) in [6, 6.07) is 4.55.